The van der Waals surface area contributed by atoms with E-state index in [1.807, 2.05) is 0 Å². The second-order valence-corrected chi connectivity index (χ2v) is 7.26. The number of hydrogen-bond acceptors (Lipinski definition) is 4. The molecule has 0 aliphatic heterocycles. The molecule has 114 valence electrons. The molecule has 0 aromatic carbocycles. The summed E-state index contributed by atoms with van der Waals surface area (Å²) in [5, 5.41) is 0.141. The molecule has 0 bridgehead atoms. The minimum Gasteiger partial charge on any atom is -0.339 e. The van der Waals surface area contributed by atoms with E-state index in [1.54, 1.807) is 22.1 Å². The van der Waals surface area contributed by atoms with Gasteiger partial charge in [-0.25, -0.2) is 13.4 Å². The lowest BCUT2D eigenvalue weighted by molar-refractivity contribution is 0.251. The predicted molar refractivity (Wildman–Crippen MR) is 77.6 cm³/mol. The van der Waals surface area contributed by atoms with Crippen molar-refractivity contribution in [3.8, 4) is 0 Å². The van der Waals surface area contributed by atoms with E-state index >= 15 is 0 Å². The Bertz CT molecular complexity index is 520. The second-order valence-electron chi connectivity index (χ2n) is 5.43. The van der Waals surface area contributed by atoms with Crippen LogP contribution in [0.25, 0.3) is 0 Å². The lowest BCUT2D eigenvalue weighted by Crippen LogP contribution is -2.42. The number of hydrogen-bond donors (Lipinski definition) is 1. The summed E-state index contributed by atoms with van der Waals surface area (Å²) in [6.07, 6.45) is 9.05. The summed E-state index contributed by atoms with van der Waals surface area (Å²) in [4.78, 5) is 4.01. The average Bonchev–Trinajstić information content (AvgIpc) is 2.88. The molecule has 1 aliphatic carbocycles. The molecule has 0 radical (unpaired) electrons. The van der Waals surface area contributed by atoms with Gasteiger partial charge in [0.2, 0.25) is 0 Å². The summed E-state index contributed by atoms with van der Waals surface area (Å²) < 4.78 is 28.8. The zero-order valence-corrected chi connectivity index (χ0v) is 12.8. The topological polar surface area (TPSA) is 81.2 Å². The Hall–Kier alpha value is -0.920. The summed E-state index contributed by atoms with van der Waals surface area (Å²) >= 11 is 0. The lowest BCUT2D eigenvalue weighted by atomic mass is 9.95. The van der Waals surface area contributed by atoms with Crippen molar-refractivity contribution in [3.63, 3.8) is 0 Å². The first-order valence-corrected chi connectivity index (χ1v) is 8.69. The minimum atomic E-state index is -3.51. The largest absolute Gasteiger partial charge is 0.339 e. The van der Waals surface area contributed by atoms with E-state index in [9.17, 15) is 8.42 Å². The SMILES string of the molecule is Cn1cnc(S(=O)(=O)N(CCCN)C2CCCCC2)c1. The van der Waals surface area contributed by atoms with E-state index < -0.39 is 10.0 Å². The summed E-state index contributed by atoms with van der Waals surface area (Å²) in [5.74, 6) is 0. The van der Waals surface area contributed by atoms with E-state index in [2.05, 4.69) is 4.98 Å². The maximum absolute atomic E-state index is 12.8. The molecule has 2 rings (SSSR count). The van der Waals surface area contributed by atoms with Gasteiger partial charge < -0.3 is 10.3 Å². The molecule has 2 N–H and O–H groups in total. The first kappa shape index (κ1) is 15.5. The van der Waals surface area contributed by atoms with Crippen molar-refractivity contribution >= 4 is 10.0 Å². The highest BCUT2D eigenvalue weighted by atomic mass is 32.2. The number of aryl methyl sites for hydroxylation is 1. The molecule has 0 amide bonds. The van der Waals surface area contributed by atoms with Crippen molar-refractivity contribution in [1.29, 1.82) is 0 Å². The number of aromatic nitrogens is 2. The van der Waals surface area contributed by atoms with Crippen LogP contribution in [0.1, 0.15) is 38.5 Å². The summed E-state index contributed by atoms with van der Waals surface area (Å²) in [6, 6.07) is 0.0994. The van der Waals surface area contributed by atoms with E-state index in [0.29, 0.717) is 19.5 Å². The van der Waals surface area contributed by atoms with Crippen molar-refractivity contribution < 1.29 is 8.42 Å². The van der Waals surface area contributed by atoms with E-state index in [1.165, 1.54) is 12.7 Å². The lowest BCUT2D eigenvalue weighted by Gasteiger charge is -2.32. The fourth-order valence-electron chi connectivity index (χ4n) is 2.76. The zero-order valence-electron chi connectivity index (χ0n) is 12.0. The molecule has 20 heavy (non-hydrogen) atoms. The molecule has 6 nitrogen and oxygen atoms in total. The Kier molecular flexibility index (Phi) is 5.17. The second kappa shape index (κ2) is 6.69. The predicted octanol–water partition coefficient (Wildman–Crippen LogP) is 1.09. The van der Waals surface area contributed by atoms with Gasteiger partial charge in [-0.3, -0.25) is 0 Å². The van der Waals surface area contributed by atoms with Gasteiger partial charge in [0.05, 0.1) is 6.33 Å². The van der Waals surface area contributed by atoms with Crippen LogP contribution in [0.15, 0.2) is 17.6 Å². The van der Waals surface area contributed by atoms with Crippen LogP contribution >= 0.6 is 0 Å². The van der Waals surface area contributed by atoms with Crippen molar-refractivity contribution in [3.05, 3.63) is 12.5 Å². The number of sulfonamides is 1. The Morgan fingerprint density at radius 3 is 2.65 bits per heavy atom. The molecule has 1 heterocycles. The standard InChI is InChI=1S/C13H24N4O2S/c1-16-10-13(15-11-16)20(18,19)17(9-5-8-14)12-6-3-2-4-7-12/h10-12H,2-9,14H2,1H3. The third-order valence-corrected chi connectivity index (χ3v) is 5.66. The van der Waals surface area contributed by atoms with E-state index in [-0.39, 0.29) is 11.1 Å². The minimum absolute atomic E-state index is 0.0994. The Labute approximate surface area is 121 Å². The first-order valence-electron chi connectivity index (χ1n) is 7.25. The summed E-state index contributed by atoms with van der Waals surface area (Å²) in [7, 11) is -1.73. The third-order valence-electron chi connectivity index (χ3n) is 3.82. The molecule has 0 atom stereocenters. The highest BCUT2D eigenvalue weighted by Crippen LogP contribution is 2.27. The third kappa shape index (κ3) is 3.39. The Morgan fingerprint density at radius 2 is 2.10 bits per heavy atom. The maximum Gasteiger partial charge on any atom is 0.262 e. The molecular weight excluding hydrogens is 276 g/mol. The molecule has 0 saturated heterocycles. The smallest absolute Gasteiger partial charge is 0.262 e. The van der Waals surface area contributed by atoms with Gasteiger partial charge in [0.1, 0.15) is 0 Å². The van der Waals surface area contributed by atoms with Gasteiger partial charge >= 0.3 is 0 Å². The first-order chi connectivity index (χ1) is 9.55. The molecule has 1 aromatic heterocycles. The molecule has 0 unspecified atom stereocenters. The van der Waals surface area contributed by atoms with Gasteiger partial charge in [-0.1, -0.05) is 19.3 Å². The van der Waals surface area contributed by atoms with Crippen LogP contribution in [0.2, 0.25) is 0 Å². The van der Waals surface area contributed by atoms with Crippen molar-refractivity contribution in [2.75, 3.05) is 13.1 Å². The molecular formula is C13H24N4O2S. The zero-order chi connectivity index (χ0) is 14.6. The van der Waals surface area contributed by atoms with Crippen LogP contribution in [0.4, 0.5) is 0 Å². The van der Waals surface area contributed by atoms with Crippen LogP contribution in [-0.4, -0.2) is 41.4 Å². The number of nitrogens with zero attached hydrogens (tertiary/aromatic N) is 3. The summed E-state index contributed by atoms with van der Waals surface area (Å²) in [5.41, 5.74) is 5.55. The average molecular weight is 300 g/mol. The fourth-order valence-corrected chi connectivity index (χ4v) is 4.45. The van der Waals surface area contributed by atoms with Crippen molar-refractivity contribution in [1.82, 2.24) is 13.9 Å². The maximum atomic E-state index is 12.8. The van der Waals surface area contributed by atoms with Gasteiger partial charge in [0, 0.05) is 25.8 Å². The Balaban J connectivity index is 2.24. The number of imidazole rings is 1. The van der Waals surface area contributed by atoms with Crippen molar-refractivity contribution in [2.24, 2.45) is 12.8 Å². The van der Waals surface area contributed by atoms with Gasteiger partial charge in [-0.05, 0) is 25.8 Å². The molecule has 1 aromatic rings. The highest BCUT2D eigenvalue weighted by molar-refractivity contribution is 7.89. The molecule has 1 aliphatic rings. The molecule has 0 spiro atoms. The molecule has 7 heteroatoms. The van der Waals surface area contributed by atoms with Crippen molar-refractivity contribution in [2.45, 2.75) is 49.6 Å². The monoisotopic (exact) mass is 300 g/mol. The normalized spacial score (nSPS) is 17.8. The van der Waals surface area contributed by atoms with E-state index in [0.717, 1.165) is 25.7 Å². The van der Waals surface area contributed by atoms with Crippen LogP contribution in [0.5, 0.6) is 0 Å². The number of rotatable bonds is 6. The van der Waals surface area contributed by atoms with Crippen LogP contribution in [0.3, 0.4) is 0 Å². The van der Waals surface area contributed by atoms with Gasteiger partial charge in [0.25, 0.3) is 10.0 Å². The quantitative estimate of drug-likeness (QED) is 0.852. The number of nitrogens with two attached hydrogens (primary N) is 1. The fraction of sp³-hybridized carbons (Fsp3) is 0.769. The Morgan fingerprint density at radius 1 is 1.40 bits per heavy atom. The van der Waals surface area contributed by atoms with Crippen LogP contribution in [0, 0.1) is 0 Å². The van der Waals surface area contributed by atoms with Gasteiger partial charge in [-0.2, -0.15) is 4.31 Å². The van der Waals surface area contributed by atoms with Gasteiger partial charge in [0.15, 0.2) is 5.03 Å². The van der Waals surface area contributed by atoms with Crippen LogP contribution < -0.4 is 5.73 Å². The summed E-state index contributed by atoms with van der Waals surface area (Å²) in [6.45, 7) is 0.987. The van der Waals surface area contributed by atoms with E-state index in [4.69, 9.17) is 5.73 Å². The molecule has 1 saturated carbocycles. The van der Waals surface area contributed by atoms with Crippen LogP contribution in [-0.2, 0) is 17.1 Å². The molecule has 1 fully saturated rings. The highest BCUT2D eigenvalue weighted by Gasteiger charge is 2.33. The van der Waals surface area contributed by atoms with Gasteiger partial charge in [-0.15, -0.1) is 0 Å².